The minimum atomic E-state index is -1.52. The van der Waals surface area contributed by atoms with Crippen LogP contribution in [0.25, 0.3) is 0 Å². The van der Waals surface area contributed by atoms with E-state index < -0.39 is 24.3 Å². The topological polar surface area (TPSA) is 108 Å². The van der Waals surface area contributed by atoms with Gasteiger partial charge in [-0.05, 0) is 109 Å². The minimum Gasteiger partial charge on any atom is -0.477 e. The van der Waals surface area contributed by atoms with Crippen LogP contribution in [0.15, 0.2) is 134 Å². The first-order valence-corrected chi connectivity index (χ1v) is 30.3. The smallest absolute Gasteiger partial charge is 0.361 e. The molecule has 2 unspecified atom stereocenters. The third kappa shape index (κ3) is 58.9. The molecule has 9 heteroatoms. The summed E-state index contributed by atoms with van der Waals surface area (Å²) in [5, 5.41) is 9.72. The molecule has 1 N–H and O–H groups in total. The first-order valence-electron chi connectivity index (χ1n) is 30.3. The lowest BCUT2D eigenvalue weighted by Crippen LogP contribution is -2.40. The molecular formula is C68H112NO8+. The summed E-state index contributed by atoms with van der Waals surface area (Å²) in [5.74, 6) is -2.04. The number of carboxylic acids is 1. The summed E-state index contributed by atoms with van der Waals surface area (Å²) in [6.07, 6.45) is 79.5. The molecule has 0 aliphatic rings. The van der Waals surface area contributed by atoms with E-state index in [4.69, 9.17) is 18.9 Å². The zero-order chi connectivity index (χ0) is 56.2. The van der Waals surface area contributed by atoms with Crippen LogP contribution in [0.4, 0.5) is 0 Å². The fourth-order valence-corrected chi connectivity index (χ4v) is 7.81. The van der Waals surface area contributed by atoms with Gasteiger partial charge in [-0.3, -0.25) is 9.59 Å². The Morgan fingerprint density at radius 2 is 0.701 bits per heavy atom. The molecule has 0 aliphatic heterocycles. The van der Waals surface area contributed by atoms with Crippen molar-refractivity contribution in [2.45, 2.75) is 232 Å². The van der Waals surface area contributed by atoms with E-state index in [0.717, 1.165) is 128 Å². The Morgan fingerprint density at radius 3 is 1.04 bits per heavy atom. The normalized spacial score (nSPS) is 13.7. The van der Waals surface area contributed by atoms with E-state index in [-0.39, 0.29) is 38.6 Å². The van der Waals surface area contributed by atoms with E-state index in [1.165, 1.54) is 57.8 Å². The van der Waals surface area contributed by atoms with E-state index in [2.05, 4.69) is 148 Å². The Bertz CT molecular complexity index is 1720. The van der Waals surface area contributed by atoms with Crippen LogP contribution in [0.1, 0.15) is 219 Å². The summed E-state index contributed by atoms with van der Waals surface area (Å²) in [6.45, 7) is 4.61. The SMILES string of the molecule is CC/C=C\C/C=C\C/C=C\C/C=C\C/C=C\C/C=C\CCCCCCCCC(=O)OC(COC(=O)CCCCCCCCCCCCC/C=C\C/C=C\C/C=C\C/C=C\C/C=C\CC)COC(OCC[N+](C)(C)C)C(=O)O. The van der Waals surface area contributed by atoms with Crippen LogP contribution in [0.3, 0.4) is 0 Å². The second kappa shape index (κ2) is 57.6. The first kappa shape index (κ1) is 72.4. The van der Waals surface area contributed by atoms with Crippen molar-refractivity contribution in [2.24, 2.45) is 0 Å². The van der Waals surface area contributed by atoms with Crippen LogP contribution in [-0.4, -0.2) is 87.4 Å². The number of quaternary nitrogens is 1. The van der Waals surface area contributed by atoms with E-state index >= 15 is 0 Å². The third-order valence-corrected chi connectivity index (χ3v) is 12.4. The molecule has 0 radical (unpaired) electrons. The van der Waals surface area contributed by atoms with Crippen molar-refractivity contribution in [2.75, 3.05) is 47.5 Å². The highest BCUT2D eigenvalue weighted by molar-refractivity contribution is 5.71. The van der Waals surface area contributed by atoms with Crippen molar-refractivity contribution in [3.63, 3.8) is 0 Å². The van der Waals surface area contributed by atoms with Crippen LogP contribution in [0.5, 0.6) is 0 Å². The van der Waals surface area contributed by atoms with Crippen LogP contribution < -0.4 is 0 Å². The number of carboxylic acid groups (broad SMARTS) is 1. The molecule has 0 saturated heterocycles. The summed E-state index contributed by atoms with van der Waals surface area (Å²) in [6, 6.07) is 0. The molecule has 0 amide bonds. The quantitative estimate of drug-likeness (QED) is 0.0211. The first-order chi connectivity index (χ1) is 37.6. The molecule has 77 heavy (non-hydrogen) atoms. The van der Waals surface area contributed by atoms with Gasteiger partial charge >= 0.3 is 17.9 Å². The lowest BCUT2D eigenvalue weighted by Gasteiger charge is -2.25. The highest BCUT2D eigenvalue weighted by atomic mass is 16.7. The Balaban J connectivity index is 4.29. The number of hydrogen-bond donors (Lipinski definition) is 1. The van der Waals surface area contributed by atoms with E-state index in [0.29, 0.717) is 17.4 Å². The lowest BCUT2D eigenvalue weighted by molar-refractivity contribution is -0.870. The fourth-order valence-electron chi connectivity index (χ4n) is 7.81. The summed E-state index contributed by atoms with van der Waals surface area (Å²) in [7, 11) is 5.95. The molecule has 0 spiro atoms. The largest absolute Gasteiger partial charge is 0.477 e. The number of unbranched alkanes of at least 4 members (excludes halogenated alkanes) is 17. The standard InChI is InChI=1S/C68H111NO8/c1-6-8-10-12-14-16-18-20-22-24-26-28-30-32-33-35-36-38-40-42-44-46-48-50-52-54-56-58-65(70)75-62-64(63-76-68(67(72)73)74-61-60-69(3,4)5)77-66(71)59-57-55-53-51-49-47-45-43-41-39-37-34-31-29-27-25-23-21-19-17-15-13-11-9-7-2/h8-11,14-17,20-23,26-29,32-34,37,41,43,64,68H,6-7,12-13,18-19,24-25,30-31,35-36,38-40,42,44-63H2,1-5H3/p+1/b10-8-,11-9-,16-14-,17-15-,22-20-,23-21-,28-26-,29-27-,33-32-,37-34-,43-41-. The van der Waals surface area contributed by atoms with Crippen molar-refractivity contribution >= 4 is 17.9 Å². The maximum atomic E-state index is 12.9. The molecule has 436 valence electrons. The minimum absolute atomic E-state index is 0.176. The van der Waals surface area contributed by atoms with Crippen molar-refractivity contribution in [1.82, 2.24) is 0 Å². The van der Waals surface area contributed by atoms with Gasteiger partial charge in [0.25, 0.3) is 6.29 Å². The lowest BCUT2D eigenvalue weighted by atomic mass is 10.0. The van der Waals surface area contributed by atoms with Gasteiger partial charge in [-0.2, -0.15) is 0 Å². The zero-order valence-electron chi connectivity index (χ0n) is 49.6. The number of allylic oxidation sites excluding steroid dienone is 22. The Morgan fingerprint density at radius 1 is 0.390 bits per heavy atom. The molecule has 0 heterocycles. The second-order valence-electron chi connectivity index (χ2n) is 20.9. The van der Waals surface area contributed by atoms with Gasteiger partial charge in [0, 0.05) is 12.8 Å². The van der Waals surface area contributed by atoms with E-state index in [1.807, 2.05) is 21.1 Å². The van der Waals surface area contributed by atoms with Crippen molar-refractivity contribution in [1.29, 1.82) is 0 Å². The molecule has 0 saturated carbocycles. The monoisotopic (exact) mass is 1070 g/mol. The van der Waals surface area contributed by atoms with Gasteiger partial charge < -0.3 is 28.5 Å². The predicted octanol–water partition coefficient (Wildman–Crippen LogP) is 18.2. The molecule has 0 rings (SSSR count). The molecule has 2 atom stereocenters. The second-order valence-corrected chi connectivity index (χ2v) is 20.9. The van der Waals surface area contributed by atoms with Crippen LogP contribution in [-0.2, 0) is 33.3 Å². The van der Waals surface area contributed by atoms with Crippen LogP contribution in [0.2, 0.25) is 0 Å². The number of aliphatic carboxylic acids is 1. The summed E-state index contributed by atoms with van der Waals surface area (Å²) >= 11 is 0. The molecule has 0 aromatic heterocycles. The summed E-state index contributed by atoms with van der Waals surface area (Å²) < 4.78 is 22.9. The van der Waals surface area contributed by atoms with Gasteiger partial charge in [0.2, 0.25) is 0 Å². The summed E-state index contributed by atoms with van der Waals surface area (Å²) in [5.41, 5.74) is 0. The molecule has 0 aromatic carbocycles. The number of hydrogen-bond acceptors (Lipinski definition) is 7. The number of carbonyl (C=O) groups is 3. The fraction of sp³-hybridized carbons (Fsp3) is 0.632. The van der Waals surface area contributed by atoms with Crippen molar-refractivity contribution in [3.8, 4) is 0 Å². The molecule has 9 nitrogen and oxygen atoms in total. The zero-order valence-corrected chi connectivity index (χ0v) is 49.6. The van der Waals surface area contributed by atoms with Gasteiger partial charge in [0.15, 0.2) is 6.10 Å². The average Bonchev–Trinajstić information content (AvgIpc) is 3.40. The number of likely N-dealkylation sites (N-methyl/N-ethyl adjacent to an activating group) is 1. The molecule has 0 aromatic rings. The molecular weight excluding hydrogens is 959 g/mol. The maximum absolute atomic E-state index is 12.9. The Labute approximate surface area is 471 Å². The molecule has 0 fully saturated rings. The average molecular weight is 1070 g/mol. The van der Waals surface area contributed by atoms with Crippen molar-refractivity contribution < 1.29 is 42.9 Å². The van der Waals surface area contributed by atoms with Gasteiger partial charge in [-0.15, -0.1) is 0 Å². The number of carbonyl (C=O) groups excluding carboxylic acids is 2. The Kier molecular flexibility index (Phi) is 54.2. The van der Waals surface area contributed by atoms with Gasteiger partial charge in [0.1, 0.15) is 13.2 Å². The highest BCUT2D eigenvalue weighted by Crippen LogP contribution is 2.15. The summed E-state index contributed by atoms with van der Waals surface area (Å²) in [4.78, 5) is 37.5. The number of ether oxygens (including phenoxy) is 4. The van der Waals surface area contributed by atoms with Gasteiger partial charge in [-0.25, -0.2) is 4.79 Å². The number of nitrogens with zero attached hydrogens (tertiary/aromatic N) is 1. The number of esters is 2. The van der Waals surface area contributed by atoms with Gasteiger partial charge in [0.05, 0.1) is 34.4 Å². The van der Waals surface area contributed by atoms with E-state index in [1.54, 1.807) is 0 Å². The van der Waals surface area contributed by atoms with Crippen LogP contribution >= 0.6 is 0 Å². The predicted molar refractivity (Wildman–Crippen MR) is 327 cm³/mol. The van der Waals surface area contributed by atoms with Gasteiger partial charge in [-0.1, -0.05) is 231 Å². The van der Waals surface area contributed by atoms with Crippen molar-refractivity contribution in [3.05, 3.63) is 134 Å². The maximum Gasteiger partial charge on any atom is 0.361 e. The molecule has 0 aliphatic carbocycles. The Hall–Kier alpha value is -4.57. The van der Waals surface area contributed by atoms with Crippen LogP contribution in [0, 0.1) is 0 Å². The highest BCUT2D eigenvalue weighted by Gasteiger charge is 2.25. The third-order valence-electron chi connectivity index (χ3n) is 12.4. The molecule has 0 bridgehead atoms. The van der Waals surface area contributed by atoms with E-state index in [9.17, 15) is 19.5 Å². The number of rotatable bonds is 54.